The van der Waals surface area contributed by atoms with Crippen LogP contribution in [0.3, 0.4) is 0 Å². The van der Waals surface area contributed by atoms with Crippen LogP contribution in [0.15, 0.2) is 6.33 Å². The molecule has 0 aromatic carbocycles. The van der Waals surface area contributed by atoms with E-state index in [1.165, 1.54) is 25.7 Å². The van der Waals surface area contributed by atoms with E-state index in [1.807, 2.05) is 6.92 Å². The summed E-state index contributed by atoms with van der Waals surface area (Å²) in [7, 11) is 1.66. The van der Waals surface area contributed by atoms with Crippen molar-refractivity contribution in [2.45, 2.75) is 39.5 Å². The molecule has 5 nitrogen and oxygen atoms in total. The van der Waals surface area contributed by atoms with Crippen molar-refractivity contribution in [1.29, 1.82) is 0 Å². The number of nitrogens with zero attached hydrogens (tertiary/aromatic N) is 2. The summed E-state index contributed by atoms with van der Waals surface area (Å²) in [6.45, 7) is 6.07. The minimum atomic E-state index is 0.489. The SMILES string of the molecule is CCCC1(CNc2ncnc(NCC)c2OC)CC1. The summed E-state index contributed by atoms with van der Waals surface area (Å²) >= 11 is 0. The van der Waals surface area contributed by atoms with Crippen molar-refractivity contribution in [3.05, 3.63) is 6.33 Å². The first-order valence-electron chi connectivity index (χ1n) is 7.11. The molecule has 1 aromatic rings. The predicted octanol–water partition coefficient (Wildman–Crippen LogP) is 2.91. The Kier molecular flexibility index (Phi) is 4.45. The minimum Gasteiger partial charge on any atom is -0.490 e. The van der Waals surface area contributed by atoms with Crippen molar-refractivity contribution in [2.24, 2.45) is 5.41 Å². The third-order valence-corrected chi connectivity index (χ3v) is 3.72. The number of ether oxygens (including phenoxy) is 1. The normalized spacial score (nSPS) is 15.9. The third-order valence-electron chi connectivity index (χ3n) is 3.72. The highest BCUT2D eigenvalue weighted by molar-refractivity contribution is 5.63. The third kappa shape index (κ3) is 3.28. The van der Waals surface area contributed by atoms with E-state index in [-0.39, 0.29) is 0 Å². The van der Waals surface area contributed by atoms with Gasteiger partial charge in [0.25, 0.3) is 0 Å². The van der Waals surface area contributed by atoms with E-state index in [9.17, 15) is 0 Å². The average molecular weight is 264 g/mol. The van der Waals surface area contributed by atoms with E-state index in [2.05, 4.69) is 27.5 Å². The van der Waals surface area contributed by atoms with Gasteiger partial charge in [-0.1, -0.05) is 13.3 Å². The zero-order chi connectivity index (χ0) is 13.7. The van der Waals surface area contributed by atoms with Gasteiger partial charge in [-0.3, -0.25) is 0 Å². The van der Waals surface area contributed by atoms with Crippen molar-refractivity contribution >= 4 is 11.6 Å². The second-order valence-electron chi connectivity index (χ2n) is 5.24. The standard InChI is InChI=1S/C14H24N4O/c1-4-6-14(7-8-14)9-16-13-11(19-3)12(15-5-2)17-10-18-13/h10H,4-9H2,1-3H3,(H2,15,16,17,18). The molecule has 0 amide bonds. The Morgan fingerprint density at radius 1 is 1.21 bits per heavy atom. The second-order valence-corrected chi connectivity index (χ2v) is 5.24. The van der Waals surface area contributed by atoms with Crippen LogP contribution in [0.1, 0.15) is 39.5 Å². The highest BCUT2D eigenvalue weighted by atomic mass is 16.5. The van der Waals surface area contributed by atoms with Crippen molar-refractivity contribution in [3.8, 4) is 5.75 Å². The maximum atomic E-state index is 5.42. The number of anilines is 2. The highest BCUT2D eigenvalue weighted by Gasteiger charge is 2.41. The lowest BCUT2D eigenvalue weighted by Crippen LogP contribution is -2.17. The molecule has 0 atom stereocenters. The molecule has 2 rings (SSSR count). The number of rotatable bonds is 8. The zero-order valence-electron chi connectivity index (χ0n) is 12.1. The average Bonchev–Trinajstić information content (AvgIpc) is 3.18. The monoisotopic (exact) mass is 264 g/mol. The van der Waals surface area contributed by atoms with E-state index in [0.29, 0.717) is 11.2 Å². The van der Waals surface area contributed by atoms with Crippen LogP contribution >= 0.6 is 0 Å². The van der Waals surface area contributed by atoms with Gasteiger partial charge in [-0.05, 0) is 31.6 Å². The second kappa shape index (κ2) is 6.08. The van der Waals surface area contributed by atoms with Gasteiger partial charge in [0.05, 0.1) is 7.11 Å². The number of hydrogen-bond donors (Lipinski definition) is 2. The van der Waals surface area contributed by atoms with E-state index in [0.717, 1.165) is 24.7 Å². The Morgan fingerprint density at radius 2 is 1.89 bits per heavy atom. The molecule has 2 N–H and O–H groups in total. The van der Waals surface area contributed by atoms with E-state index >= 15 is 0 Å². The van der Waals surface area contributed by atoms with E-state index in [4.69, 9.17) is 4.74 Å². The van der Waals surface area contributed by atoms with E-state index < -0.39 is 0 Å². The lowest BCUT2D eigenvalue weighted by Gasteiger charge is -2.18. The maximum absolute atomic E-state index is 5.42. The zero-order valence-corrected chi connectivity index (χ0v) is 12.1. The quantitative estimate of drug-likeness (QED) is 0.756. The maximum Gasteiger partial charge on any atom is 0.204 e. The molecule has 1 aliphatic rings. The lowest BCUT2D eigenvalue weighted by atomic mass is 10.0. The Bertz CT molecular complexity index is 418. The fourth-order valence-corrected chi connectivity index (χ4v) is 2.48. The summed E-state index contributed by atoms with van der Waals surface area (Å²) in [6.07, 6.45) is 6.74. The summed E-state index contributed by atoms with van der Waals surface area (Å²) < 4.78 is 5.42. The molecule has 0 bridgehead atoms. The molecule has 1 fully saturated rings. The van der Waals surface area contributed by atoms with Crippen molar-refractivity contribution in [2.75, 3.05) is 30.8 Å². The molecule has 0 radical (unpaired) electrons. The van der Waals surface area contributed by atoms with Crippen LogP contribution in [-0.4, -0.2) is 30.2 Å². The Morgan fingerprint density at radius 3 is 2.42 bits per heavy atom. The smallest absolute Gasteiger partial charge is 0.204 e. The van der Waals surface area contributed by atoms with Crippen LogP contribution in [0.4, 0.5) is 11.6 Å². The molecule has 1 aromatic heterocycles. The first kappa shape index (κ1) is 13.9. The van der Waals surface area contributed by atoms with Gasteiger partial charge >= 0.3 is 0 Å². The number of aromatic nitrogens is 2. The van der Waals surface area contributed by atoms with Crippen LogP contribution < -0.4 is 15.4 Å². The number of methoxy groups -OCH3 is 1. The van der Waals surface area contributed by atoms with Crippen molar-refractivity contribution in [3.63, 3.8) is 0 Å². The molecule has 0 saturated heterocycles. The predicted molar refractivity (Wildman–Crippen MR) is 77.8 cm³/mol. The first-order chi connectivity index (χ1) is 9.24. The van der Waals surface area contributed by atoms with Crippen molar-refractivity contribution in [1.82, 2.24) is 9.97 Å². The molecular weight excluding hydrogens is 240 g/mol. The summed E-state index contributed by atoms with van der Waals surface area (Å²) in [4.78, 5) is 8.51. The van der Waals surface area contributed by atoms with Gasteiger partial charge < -0.3 is 15.4 Å². The van der Waals surface area contributed by atoms with Crippen LogP contribution in [0.5, 0.6) is 5.75 Å². The summed E-state index contributed by atoms with van der Waals surface area (Å²) in [5, 5.41) is 6.62. The molecule has 5 heteroatoms. The molecule has 0 spiro atoms. The first-order valence-corrected chi connectivity index (χ1v) is 7.11. The topological polar surface area (TPSA) is 59.1 Å². The Labute approximate surface area is 115 Å². The van der Waals surface area contributed by atoms with Gasteiger partial charge in [-0.15, -0.1) is 0 Å². The van der Waals surface area contributed by atoms with Crippen molar-refractivity contribution < 1.29 is 4.74 Å². The molecule has 0 aliphatic heterocycles. The summed E-state index contributed by atoms with van der Waals surface area (Å²) in [5.74, 6) is 2.25. The van der Waals surface area contributed by atoms with Gasteiger partial charge in [0, 0.05) is 13.1 Å². The fourth-order valence-electron chi connectivity index (χ4n) is 2.48. The molecule has 106 valence electrons. The lowest BCUT2D eigenvalue weighted by molar-refractivity contribution is 0.413. The molecule has 0 unspecified atom stereocenters. The summed E-state index contributed by atoms with van der Waals surface area (Å²) in [5.41, 5.74) is 0.489. The van der Waals surface area contributed by atoms with Gasteiger partial charge in [0.15, 0.2) is 11.6 Å². The van der Waals surface area contributed by atoms with Gasteiger partial charge in [-0.2, -0.15) is 0 Å². The Hall–Kier alpha value is -1.52. The van der Waals surface area contributed by atoms with Gasteiger partial charge in [-0.25, -0.2) is 9.97 Å². The molecule has 1 aliphatic carbocycles. The van der Waals surface area contributed by atoms with Crippen LogP contribution in [0.25, 0.3) is 0 Å². The highest BCUT2D eigenvalue weighted by Crippen LogP contribution is 2.49. The van der Waals surface area contributed by atoms with Gasteiger partial charge in [0.2, 0.25) is 5.75 Å². The van der Waals surface area contributed by atoms with Gasteiger partial charge in [0.1, 0.15) is 6.33 Å². The Balaban J connectivity index is 2.05. The molecule has 1 heterocycles. The minimum absolute atomic E-state index is 0.489. The fraction of sp³-hybridized carbons (Fsp3) is 0.714. The van der Waals surface area contributed by atoms with E-state index in [1.54, 1.807) is 13.4 Å². The number of nitrogens with one attached hydrogen (secondary N) is 2. The van der Waals surface area contributed by atoms with Crippen LogP contribution in [0.2, 0.25) is 0 Å². The molecule has 1 saturated carbocycles. The summed E-state index contributed by atoms with van der Waals surface area (Å²) in [6, 6.07) is 0. The van der Waals surface area contributed by atoms with Crippen LogP contribution in [-0.2, 0) is 0 Å². The largest absolute Gasteiger partial charge is 0.490 e. The van der Waals surface area contributed by atoms with Crippen LogP contribution in [0, 0.1) is 5.41 Å². The molecule has 19 heavy (non-hydrogen) atoms. The molecular formula is C14H24N4O. The number of hydrogen-bond acceptors (Lipinski definition) is 5.